The number of fused-ring (bicyclic) bond motifs is 1. The average molecular weight is 623 g/mol. The third kappa shape index (κ3) is 8.27. The van der Waals surface area contributed by atoms with Crippen molar-refractivity contribution in [1.29, 1.82) is 0 Å². The predicted molar refractivity (Wildman–Crippen MR) is 178 cm³/mol. The first-order valence-electron chi connectivity index (χ1n) is 16.0. The van der Waals surface area contributed by atoms with Gasteiger partial charge in [-0.2, -0.15) is 5.10 Å². The summed E-state index contributed by atoms with van der Waals surface area (Å²) in [7, 11) is 0. The smallest absolute Gasteiger partial charge is 0.345 e. The minimum Gasteiger partial charge on any atom is -0.461 e. The van der Waals surface area contributed by atoms with Gasteiger partial charge in [-0.3, -0.25) is 19.3 Å². The lowest BCUT2D eigenvalue weighted by Gasteiger charge is -2.28. The number of Topliss-reactive ketones (excluding diaryl/α,β-unsaturated/α-hetero) is 1. The summed E-state index contributed by atoms with van der Waals surface area (Å²) in [6.45, 7) is 5.20. The van der Waals surface area contributed by atoms with Crippen molar-refractivity contribution in [3.8, 4) is 0 Å². The molecule has 0 aromatic heterocycles. The summed E-state index contributed by atoms with van der Waals surface area (Å²) in [6.07, 6.45) is 5.24. The van der Waals surface area contributed by atoms with E-state index in [1.54, 1.807) is 24.3 Å². The summed E-state index contributed by atoms with van der Waals surface area (Å²) in [4.78, 5) is 54.7. The molecule has 0 spiro atoms. The molecule has 1 saturated carbocycles. The Morgan fingerprint density at radius 2 is 1.57 bits per heavy atom. The number of nitrogens with one attached hydrogen (secondary N) is 1. The van der Waals surface area contributed by atoms with Crippen LogP contribution >= 0.6 is 0 Å². The molecule has 3 aromatic rings. The minimum atomic E-state index is -0.657. The lowest BCUT2D eigenvalue weighted by atomic mass is 9.83. The molecule has 0 atom stereocenters. The van der Waals surface area contributed by atoms with E-state index in [4.69, 9.17) is 9.84 Å². The van der Waals surface area contributed by atoms with Gasteiger partial charge in [0.1, 0.15) is 13.2 Å². The molecule has 1 heterocycles. The number of esters is 1. The number of nitrogens with zero attached hydrogens (tertiary/aromatic N) is 3. The van der Waals surface area contributed by atoms with Gasteiger partial charge in [0.2, 0.25) is 5.91 Å². The molecule has 0 unspecified atom stereocenters. The highest BCUT2D eigenvalue weighted by atomic mass is 16.5. The van der Waals surface area contributed by atoms with Gasteiger partial charge in [0.15, 0.2) is 5.78 Å². The first-order chi connectivity index (χ1) is 22.1. The zero-order valence-electron chi connectivity index (χ0n) is 26.8. The number of hydrazone groups is 1. The van der Waals surface area contributed by atoms with Crippen molar-refractivity contribution in [2.45, 2.75) is 65.9 Å². The van der Waals surface area contributed by atoms with Gasteiger partial charge in [0.05, 0.1) is 24.4 Å². The van der Waals surface area contributed by atoms with Crippen molar-refractivity contribution in [2.75, 3.05) is 23.3 Å². The summed E-state index contributed by atoms with van der Waals surface area (Å²) in [5.74, 6) is -0.779. The number of ether oxygens (including phenoxy) is 1. The van der Waals surface area contributed by atoms with Crippen LogP contribution in [0, 0.1) is 11.3 Å². The maximum absolute atomic E-state index is 14.1. The number of carbonyl (C=O) groups is 4. The predicted octanol–water partition coefficient (Wildman–Crippen LogP) is 6.75. The van der Waals surface area contributed by atoms with Gasteiger partial charge in [0, 0.05) is 22.6 Å². The molecule has 9 heteroatoms. The van der Waals surface area contributed by atoms with Crippen molar-refractivity contribution in [2.24, 2.45) is 16.4 Å². The van der Waals surface area contributed by atoms with Gasteiger partial charge >= 0.3 is 12.0 Å². The van der Waals surface area contributed by atoms with Gasteiger partial charge in [0.25, 0.3) is 0 Å². The number of hydrogen-bond donors (Lipinski definition) is 1. The van der Waals surface area contributed by atoms with E-state index >= 15 is 0 Å². The summed E-state index contributed by atoms with van der Waals surface area (Å²) >= 11 is 0. The second-order valence-corrected chi connectivity index (χ2v) is 13.0. The van der Waals surface area contributed by atoms with E-state index in [9.17, 15) is 19.2 Å². The molecule has 5 rings (SSSR count). The molecule has 2 aliphatic rings. The van der Waals surface area contributed by atoms with Crippen LogP contribution < -0.4 is 10.2 Å². The highest BCUT2D eigenvalue weighted by Gasteiger charge is 2.36. The maximum atomic E-state index is 14.1. The molecule has 1 fully saturated rings. The number of urea groups is 1. The number of anilines is 2. The highest BCUT2D eigenvalue weighted by molar-refractivity contribution is 6.13. The Balaban J connectivity index is 1.34. The number of rotatable bonds is 10. The molecular formula is C37H42N4O5. The quantitative estimate of drug-likeness (QED) is 0.252. The summed E-state index contributed by atoms with van der Waals surface area (Å²) in [5.41, 5.74) is 3.64. The van der Waals surface area contributed by atoms with Crippen LogP contribution in [0.1, 0.15) is 69.6 Å². The number of ketones is 1. The molecule has 0 radical (unpaired) electrons. The monoisotopic (exact) mass is 622 g/mol. The van der Waals surface area contributed by atoms with Crippen molar-refractivity contribution < 1.29 is 23.9 Å². The van der Waals surface area contributed by atoms with Gasteiger partial charge in [-0.15, -0.1) is 0 Å². The van der Waals surface area contributed by atoms with Crippen LogP contribution in [-0.4, -0.2) is 47.5 Å². The maximum Gasteiger partial charge on any atom is 0.345 e. The second kappa shape index (κ2) is 14.5. The largest absolute Gasteiger partial charge is 0.461 e. The van der Waals surface area contributed by atoms with Crippen LogP contribution in [0.15, 0.2) is 84.0 Å². The third-order valence-corrected chi connectivity index (χ3v) is 8.38. The minimum absolute atomic E-state index is 0.0468. The zero-order valence-corrected chi connectivity index (χ0v) is 26.8. The lowest BCUT2D eigenvalue weighted by molar-refractivity contribution is -0.144. The van der Waals surface area contributed by atoms with Crippen molar-refractivity contribution >= 4 is 40.8 Å². The third-order valence-electron chi connectivity index (χ3n) is 8.38. The fourth-order valence-corrected chi connectivity index (χ4v) is 5.76. The molecule has 1 aliphatic carbocycles. The van der Waals surface area contributed by atoms with Crippen LogP contribution in [0.3, 0.4) is 0 Å². The number of benzene rings is 3. The van der Waals surface area contributed by atoms with E-state index in [1.807, 2.05) is 75.4 Å². The van der Waals surface area contributed by atoms with Gasteiger partial charge in [-0.25, -0.2) is 9.80 Å². The lowest BCUT2D eigenvalue weighted by Crippen LogP contribution is -2.47. The van der Waals surface area contributed by atoms with Crippen molar-refractivity contribution in [1.82, 2.24) is 5.01 Å². The van der Waals surface area contributed by atoms with Crippen LogP contribution in [0.5, 0.6) is 0 Å². The van der Waals surface area contributed by atoms with Gasteiger partial charge < -0.3 is 10.1 Å². The number of para-hydroxylation sites is 1. The fraction of sp³-hybridized carbons (Fsp3) is 0.378. The van der Waals surface area contributed by atoms with Crippen LogP contribution in [-0.2, 0) is 32.1 Å². The normalized spacial score (nSPS) is 15.5. The molecule has 240 valence electrons. The average Bonchev–Trinajstić information content (AvgIpc) is 3.15. The Labute approximate surface area is 270 Å². The number of amides is 3. The molecule has 9 nitrogen and oxygen atoms in total. The summed E-state index contributed by atoms with van der Waals surface area (Å²) in [6, 6.07) is 23.5. The molecule has 3 amide bonds. The van der Waals surface area contributed by atoms with E-state index < -0.39 is 17.4 Å². The van der Waals surface area contributed by atoms with Crippen molar-refractivity contribution in [3.63, 3.8) is 0 Å². The molecule has 1 N–H and O–H groups in total. The highest BCUT2D eigenvalue weighted by Crippen LogP contribution is 2.34. The standard InChI is InChI=1S/C37H42N4O5/c1-37(2,3)32(42)23-40-31-20-11-10-19-30(31)35(28-16-8-5-9-17-28)39-41(36(40)45)24-33(43)38-29-18-12-15-27(21-29)22-34(44)46-25-26-13-6-4-7-14-26/h4,6-7,10-15,18-21,28H,5,8-9,16-17,22-25H2,1-3H3,(H,38,43). The Morgan fingerprint density at radius 1 is 0.870 bits per heavy atom. The first-order valence-corrected chi connectivity index (χ1v) is 16.0. The summed E-state index contributed by atoms with van der Waals surface area (Å²) in [5, 5.41) is 8.90. The van der Waals surface area contributed by atoms with Gasteiger partial charge in [-0.05, 0) is 42.2 Å². The van der Waals surface area contributed by atoms with Crippen LogP contribution in [0.4, 0.5) is 16.2 Å². The number of hydrogen-bond acceptors (Lipinski definition) is 6. The Hall–Kier alpha value is -4.79. The summed E-state index contributed by atoms with van der Waals surface area (Å²) < 4.78 is 5.41. The molecular weight excluding hydrogens is 580 g/mol. The van der Waals surface area contributed by atoms with Crippen molar-refractivity contribution in [3.05, 3.63) is 95.6 Å². The number of carbonyl (C=O) groups excluding carboxylic acids is 4. The Kier molecular flexibility index (Phi) is 10.3. The van der Waals surface area contributed by atoms with E-state index in [-0.39, 0.29) is 43.8 Å². The SMILES string of the molecule is CC(C)(C)C(=O)CN1C(=O)N(CC(=O)Nc2cccc(CC(=O)OCc3ccccc3)c2)N=C(C2CCCCC2)c2ccccc21. The van der Waals surface area contributed by atoms with Crippen LogP contribution in [0.25, 0.3) is 0 Å². The van der Waals surface area contributed by atoms with E-state index in [0.29, 0.717) is 16.9 Å². The molecule has 0 saturated heterocycles. The molecule has 1 aliphatic heterocycles. The molecule has 0 bridgehead atoms. The van der Waals surface area contributed by atoms with Gasteiger partial charge in [-0.1, -0.05) is 101 Å². The molecule has 46 heavy (non-hydrogen) atoms. The Bertz CT molecular complexity index is 1610. The Morgan fingerprint density at radius 3 is 2.30 bits per heavy atom. The second-order valence-electron chi connectivity index (χ2n) is 13.0. The topological polar surface area (TPSA) is 108 Å². The van der Waals surface area contributed by atoms with E-state index in [1.165, 1.54) is 9.91 Å². The zero-order chi connectivity index (χ0) is 32.7. The first kappa shape index (κ1) is 32.6. The molecule has 3 aromatic carbocycles. The fourth-order valence-electron chi connectivity index (χ4n) is 5.76. The van der Waals surface area contributed by atoms with E-state index in [2.05, 4.69) is 5.32 Å². The van der Waals surface area contributed by atoms with E-state index in [0.717, 1.165) is 48.9 Å². The van der Waals surface area contributed by atoms with Crippen LogP contribution in [0.2, 0.25) is 0 Å².